The highest BCUT2D eigenvalue weighted by molar-refractivity contribution is 7.08. The van der Waals surface area contributed by atoms with Gasteiger partial charge in [-0.3, -0.25) is 4.79 Å². The number of hydrogen-bond acceptors (Lipinski definition) is 7. The van der Waals surface area contributed by atoms with E-state index in [1.807, 2.05) is 50.7 Å². The monoisotopic (exact) mass is 410 g/mol. The summed E-state index contributed by atoms with van der Waals surface area (Å²) in [5.74, 6) is 1.75. The van der Waals surface area contributed by atoms with Crippen LogP contribution >= 0.6 is 22.7 Å². The van der Waals surface area contributed by atoms with Gasteiger partial charge >= 0.3 is 0 Å². The van der Waals surface area contributed by atoms with Gasteiger partial charge in [0.15, 0.2) is 11.5 Å². The summed E-state index contributed by atoms with van der Waals surface area (Å²) < 4.78 is 1.80. The molecule has 0 radical (unpaired) electrons. The number of carbonyl (C=O) groups is 1. The molecule has 0 saturated carbocycles. The maximum absolute atomic E-state index is 12.7. The molecular weight excluding hydrogens is 392 g/mol. The van der Waals surface area contributed by atoms with Gasteiger partial charge in [-0.05, 0) is 41.4 Å². The molecular formula is C19H18N6OS2. The predicted octanol–water partition coefficient (Wildman–Crippen LogP) is 3.27. The van der Waals surface area contributed by atoms with Crippen LogP contribution in [0, 0.1) is 0 Å². The van der Waals surface area contributed by atoms with Crippen LogP contribution in [0.4, 0.5) is 5.82 Å². The topological polar surface area (TPSA) is 66.6 Å². The van der Waals surface area contributed by atoms with Crippen LogP contribution in [-0.4, -0.2) is 56.8 Å². The molecule has 0 N–H and O–H groups in total. The molecule has 7 nitrogen and oxygen atoms in total. The van der Waals surface area contributed by atoms with Crippen LogP contribution in [0.1, 0.15) is 16.8 Å². The molecule has 9 heteroatoms. The van der Waals surface area contributed by atoms with Crippen molar-refractivity contribution in [1.82, 2.24) is 24.7 Å². The molecule has 1 aliphatic rings. The lowest BCUT2D eigenvalue weighted by Crippen LogP contribution is -2.35. The molecule has 0 bridgehead atoms. The van der Waals surface area contributed by atoms with E-state index in [9.17, 15) is 4.79 Å². The highest BCUT2D eigenvalue weighted by Gasteiger charge is 2.22. The summed E-state index contributed by atoms with van der Waals surface area (Å²) in [4.78, 5) is 16.8. The molecule has 0 aliphatic carbocycles. The lowest BCUT2D eigenvalue weighted by atomic mass is 10.3. The Morgan fingerprint density at radius 2 is 1.82 bits per heavy atom. The fourth-order valence-corrected chi connectivity index (χ4v) is 4.70. The first kappa shape index (κ1) is 17.3. The van der Waals surface area contributed by atoms with Crippen molar-refractivity contribution in [2.45, 2.75) is 6.42 Å². The van der Waals surface area contributed by atoms with Crippen LogP contribution in [-0.2, 0) is 0 Å². The Balaban J connectivity index is 1.38. The van der Waals surface area contributed by atoms with Crippen LogP contribution in [0.15, 0.2) is 45.8 Å². The number of aromatic nitrogens is 4. The van der Waals surface area contributed by atoms with E-state index in [0.717, 1.165) is 54.5 Å². The van der Waals surface area contributed by atoms with E-state index in [0.29, 0.717) is 6.54 Å². The Labute approximate surface area is 169 Å². The second kappa shape index (κ2) is 7.33. The lowest BCUT2D eigenvalue weighted by molar-refractivity contribution is 0.0767. The molecule has 0 unspecified atom stereocenters. The second-order valence-corrected chi connectivity index (χ2v) is 8.20. The molecule has 0 spiro atoms. The number of carbonyl (C=O) groups excluding carboxylic acids is 1. The quantitative estimate of drug-likeness (QED) is 0.519. The number of anilines is 1. The van der Waals surface area contributed by atoms with Gasteiger partial charge in [0.05, 0.1) is 5.56 Å². The zero-order valence-electron chi connectivity index (χ0n) is 15.1. The Morgan fingerprint density at radius 3 is 2.64 bits per heavy atom. The minimum atomic E-state index is 0.116. The zero-order valence-corrected chi connectivity index (χ0v) is 16.7. The third kappa shape index (κ3) is 3.16. The Kier molecular flexibility index (Phi) is 4.53. The lowest BCUT2D eigenvalue weighted by Gasteiger charge is -2.22. The zero-order chi connectivity index (χ0) is 18.9. The van der Waals surface area contributed by atoms with Gasteiger partial charge < -0.3 is 9.80 Å². The minimum Gasteiger partial charge on any atom is -0.353 e. The molecule has 1 aliphatic heterocycles. The third-order valence-electron chi connectivity index (χ3n) is 4.90. The molecule has 5 rings (SSSR count). The highest BCUT2D eigenvalue weighted by atomic mass is 32.1. The number of rotatable bonds is 3. The van der Waals surface area contributed by atoms with Crippen LogP contribution in [0.3, 0.4) is 0 Å². The first-order valence-electron chi connectivity index (χ1n) is 9.11. The average molecular weight is 411 g/mol. The largest absolute Gasteiger partial charge is 0.353 e. The molecule has 4 aromatic heterocycles. The fourth-order valence-electron chi connectivity index (χ4n) is 3.44. The van der Waals surface area contributed by atoms with E-state index < -0.39 is 0 Å². The van der Waals surface area contributed by atoms with Crippen LogP contribution in [0.25, 0.3) is 17.0 Å². The molecule has 0 atom stereocenters. The van der Waals surface area contributed by atoms with E-state index in [4.69, 9.17) is 5.10 Å². The van der Waals surface area contributed by atoms with Crippen LogP contribution in [0.5, 0.6) is 0 Å². The number of fused-ring (bicyclic) bond motifs is 1. The maximum atomic E-state index is 12.7. The number of hydrogen-bond donors (Lipinski definition) is 0. The fraction of sp³-hybridized carbons (Fsp3) is 0.263. The number of nitrogens with zero attached hydrogens (tertiary/aromatic N) is 6. The SMILES string of the molecule is O=C(c1ccsc1)N1CCCN(c2ccc3nnc(-c4ccsc4)n3n2)CC1. The van der Waals surface area contributed by atoms with E-state index in [2.05, 4.69) is 15.1 Å². The summed E-state index contributed by atoms with van der Waals surface area (Å²) in [6, 6.07) is 7.85. The summed E-state index contributed by atoms with van der Waals surface area (Å²) in [7, 11) is 0. The van der Waals surface area contributed by atoms with Gasteiger partial charge in [0, 0.05) is 42.5 Å². The molecule has 1 fully saturated rings. The highest BCUT2D eigenvalue weighted by Crippen LogP contribution is 2.22. The number of thiophene rings is 2. The standard InChI is InChI=1S/C19H18N6OS2/c26-19(15-5-11-28-13-15)24-7-1-6-23(8-9-24)17-3-2-16-20-21-18(25(16)22-17)14-4-10-27-12-14/h2-5,10-13H,1,6-9H2. The first-order valence-corrected chi connectivity index (χ1v) is 11.0. The van der Waals surface area contributed by atoms with E-state index in [1.165, 1.54) is 0 Å². The summed E-state index contributed by atoms with van der Waals surface area (Å²) in [5.41, 5.74) is 2.53. The molecule has 1 saturated heterocycles. The maximum Gasteiger partial charge on any atom is 0.254 e. The van der Waals surface area contributed by atoms with E-state index in [1.54, 1.807) is 27.2 Å². The van der Waals surface area contributed by atoms with Gasteiger partial charge in [-0.2, -0.15) is 27.2 Å². The smallest absolute Gasteiger partial charge is 0.254 e. The molecule has 0 aromatic carbocycles. The first-order chi connectivity index (χ1) is 13.8. The van der Waals surface area contributed by atoms with Crippen molar-refractivity contribution in [3.8, 4) is 11.4 Å². The minimum absolute atomic E-state index is 0.116. The Hall–Kier alpha value is -2.78. The average Bonchev–Trinajstić information content (AvgIpc) is 3.46. The molecule has 4 aromatic rings. The Morgan fingerprint density at radius 1 is 0.929 bits per heavy atom. The van der Waals surface area contributed by atoms with Gasteiger partial charge in [-0.25, -0.2) is 0 Å². The molecule has 142 valence electrons. The van der Waals surface area contributed by atoms with Crippen molar-refractivity contribution < 1.29 is 4.79 Å². The van der Waals surface area contributed by atoms with Crippen molar-refractivity contribution >= 4 is 40.0 Å². The van der Waals surface area contributed by atoms with Crippen molar-refractivity contribution in [2.24, 2.45) is 0 Å². The summed E-state index contributed by atoms with van der Waals surface area (Å²) in [6.07, 6.45) is 0.912. The van der Waals surface area contributed by atoms with E-state index >= 15 is 0 Å². The Bertz CT molecular complexity index is 1090. The van der Waals surface area contributed by atoms with Gasteiger partial charge in [0.1, 0.15) is 5.82 Å². The van der Waals surface area contributed by atoms with Gasteiger partial charge in [0.25, 0.3) is 5.91 Å². The second-order valence-electron chi connectivity index (χ2n) is 6.64. The van der Waals surface area contributed by atoms with Crippen LogP contribution in [0.2, 0.25) is 0 Å². The van der Waals surface area contributed by atoms with Crippen molar-refractivity contribution in [3.63, 3.8) is 0 Å². The molecule has 5 heterocycles. The van der Waals surface area contributed by atoms with Crippen molar-refractivity contribution in [1.29, 1.82) is 0 Å². The van der Waals surface area contributed by atoms with Crippen molar-refractivity contribution in [2.75, 3.05) is 31.1 Å². The van der Waals surface area contributed by atoms with Crippen LogP contribution < -0.4 is 4.90 Å². The van der Waals surface area contributed by atoms with Gasteiger partial charge in [-0.1, -0.05) is 0 Å². The molecule has 1 amide bonds. The summed E-state index contributed by atoms with van der Waals surface area (Å²) >= 11 is 3.18. The predicted molar refractivity (Wildman–Crippen MR) is 111 cm³/mol. The van der Waals surface area contributed by atoms with E-state index in [-0.39, 0.29) is 5.91 Å². The summed E-state index contributed by atoms with van der Waals surface area (Å²) in [6.45, 7) is 3.07. The molecule has 28 heavy (non-hydrogen) atoms. The van der Waals surface area contributed by atoms with Gasteiger partial charge in [-0.15, -0.1) is 15.3 Å². The summed E-state index contributed by atoms with van der Waals surface area (Å²) in [5, 5.41) is 21.2. The third-order valence-corrected chi connectivity index (χ3v) is 6.27. The number of amides is 1. The normalized spacial score (nSPS) is 15.1. The van der Waals surface area contributed by atoms with Gasteiger partial charge in [0.2, 0.25) is 0 Å². The van der Waals surface area contributed by atoms with Crippen molar-refractivity contribution in [3.05, 3.63) is 51.3 Å².